The predicted molar refractivity (Wildman–Crippen MR) is 65.2 cm³/mol. The van der Waals surface area contributed by atoms with Crippen LogP contribution in [0, 0.1) is 5.92 Å². The lowest BCUT2D eigenvalue weighted by Gasteiger charge is -2.20. The molecule has 17 heavy (non-hydrogen) atoms. The van der Waals surface area contributed by atoms with Gasteiger partial charge < -0.3 is 5.73 Å². The average Bonchev–Trinajstić information content (AvgIpc) is 2.15. The molecule has 1 aromatic rings. The second-order valence-corrected chi connectivity index (χ2v) is 4.32. The molecule has 1 rings (SSSR count). The first-order valence-corrected chi connectivity index (χ1v) is 5.22. The molecular weight excluding hydrogens is 251 g/mol. The van der Waals surface area contributed by atoms with Crippen molar-refractivity contribution < 1.29 is 13.2 Å². The van der Waals surface area contributed by atoms with Crippen LogP contribution < -0.4 is 5.73 Å². The highest BCUT2D eigenvalue weighted by Crippen LogP contribution is 2.32. The molecule has 0 heterocycles. The van der Waals surface area contributed by atoms with Gasteiger partial charge in [-0.05, 0) is 23.5 Å². The molecule has 98 valence electrons. The molecule has 0 radical (unpaired) electrons. The Morgan fingerprint density at radius 2 is 1.71 bits per heavy atom. The van der Waals surface area contributed by atoms with E-state index in [1.807, 2.05) is 13.8 Å². The van der Waals surface area contributed by atoms with Crippen LogP contribution in [0.5, 0.6) is 0 Å². The van der Waals surface area contributed by atoms with E-state index in [0.717, 1.165) is 0 Å². The highest BCUT2D eigenvalue weighted by atomic mass is 35.5. The average molecular weight is 268 g/mol. The molecule has 1 nitrogen and oxygen atoms in total. The standard InChI is InChI=1S/C12H16F3N.ClH/c1-8(2)7-9-5-3-4-6-10(9)11(16)12(13,14)15;/h3-6,8,11H,7,16H2,1-2H3;1H/t11-;/m1./s1. The molecule has 1 atom stereocenters. The number of hydrogen-bond acceptors (Lipinski definition) is 1. The minimum Gasteiger partial charge on any atom is -0.316 e. The van der Waals surface area contributed by atoms with Crippen LogP contribution in [0.2, 0.25) is 0 Å². The second-order valence-electron chi connectivity index (χ2n) is 4.32. The molecule has 0 aliphatic heterocycles. The highest BCUT2D eigenvalue weighted by Gasteiger charge is 2.38. The van der Waals surface area contributed by atoms with Crippen LogP contribution in [0.4, 0.5) is 13.2 Å². The molecule has 0 aliphatic carbocycles. The Bertz CT molecular complexity index is 350. The van der Waals surface area contributed by atoms with Crippen LogP contribution in [0.25, 0.3) is 0 Å². The van der Waals surface area contributed by atoms with E-state index >= 15 is 0 Å². The van der Waals surface area contributed by atoms with E-state index in [4.69, 9.17) is 5.73 Å². The summed E-state index contributed by atoms with van der Waals surface area (Å²) < 4.78 is 37.6. The van der Waals surface area contributed by atoms with Crippen LogP contribution in [-0.4, -0.2) is 6.18 Å². The summed E-state index contributed by atoms with van der Waals surface area (Å²) in [6.07, 6.45) is -3.77. The number of nitrogens with two attached hydrogens (primary N) is 1. The summed E-state index contributed by atoms with van der Waals surface area (Å²) in [5, 5.41) is 0. The Hall–Kier alpha value is -0.740. The normalized spacial score (nSPS) is 13.4. The van der Waals surface area contributed by atoms with Gasteiger partial charge in [-0.3, -0.25) is 0 Å². The van der Waals surface area contributed by atoms with Crippen LogP contribution in [0.3, 0.4) is 0 Å². The van der Waals surface area contributed by atoms with E-state index in [9.17, 15) is 13.2 Å². The maximum atomic E-state index is 12.5. The zero-order valence-electron chi connectivity index (χ0n) is 9.79. The maximum absolute atomic E-state index is 12.5. The Balaban J connectivity index is 0.00000256. The van der Waals surface area contributed by atoms with Crippen LogP contribution >= 0.6 is 12.4 Å². The van der Waals surface area contributed by atoms with Crippen molar-refractivity contribution in [3.63, 3.8) is 0 Å². The van der Waals surface area contributed by atoms with E-state index in [0.29, 0.717) is 17.9 Å². The molecule has 0 amide bonds. The molecule has 0 saturated heterocycles. The Morgan fingerprint density at radius 3 is 2.18 bits per heavy atom. The van der Waals surface area contributed by atoms with Gasteiger partial charge in [-0.15, -0.1) is 12.4 Å². The van der Waals surface area contributed by atoms with E-state index < -0.39 is 12.2 Å². The number of benzene rings is 1. The van der Waals surface area contributed by atoms with Gasteiger partial charge in [0.05, 0.1) is 0 Å². The summed E-state index contributed by atoms with van der Waals surface area (Å²) in [7, 11) is 0. The van der Waals surface area contributed by atoms with Gasteiger partial charge in [0.15, 0.2) is 0 Å². The molecule has 0 fully saturated rings. The summed E-state index contributed by atoms with van der Waals surface area (Å²) in [6.45, 7) is 3.94. The summed E-state index contributed by atoms with van der Waals surface area (Å²) >= 11 is 0. The lowest BCUT2D eigenvalue weighted by molar-refractivity contribution is -0.149. The Labute approximate surface area is 106 Å². The summed E-state index contributed by atoms with van der Waals surface area (Å²) in [5.41, 5.74) is 6.09. The van der Waals surface area contributed by atoms with Crippen molar-refractivity contribution in [3.8, 4) is 0 Å². The van der Waals surface area contributed by atoms with Crippen LogP contribution in [0.15, 0.2) is 24.3 Å². The van der Waals surface area contributed by atoms with Gasteiger partial charge in [0, 0.05) is 0 Å². The fourth-order valence-corrected chi connectivity index (χ4v) is 1.64. The molecule has 0 unspecified atom stereocenters. The number of halogens is 4. The van der Waals surface area contributed by atoms with Crippen molar-refractivity contribution in [1.29, 1.82) is 0 Å². The first kappa shape index (κ1) is 16.3. The van der Waals surface area contributed by atoms with Gasteiger partial charge in [0.1, 0.15) is 6.04 Å². The van der Waals surface area contributed by atoms with Crippen LogP contribution in [0.1, 0.15) is 31.0 Å². The monoisotopic (exact) mass is 267 g/mol. The fourth-order valence-electron chi connectivity index (χ4n) is 1.64. The zero-order valence-corrected chi connectivity index (χ0v) is 10.6. The molecule has 0 saturated carbocycles. The van der Waals surface area contributed by atoms with E-state index in [1.165, 1.54) is 6.07 Å². The SMILES string of the molecule is CC(C)Cc1ccccc1[C@@H](N)C(F)(F)F.Cl. The molecule has 0 bridgehead atoms. The minimum atomic E-state index is -4.38. The Kier molecular flexibility index (Phi) is 5.99. The number of rotatable bonds is 3. The topological polar surface area (TPSA) is 26.0 Å². The smallest absolute Gasteiger partial charge is 0.316 e. The first-order valence-electron chi connectivity index (χ1n) is 5.22. The van der Waals surface area contributed by atoms with Crippen molar-refractivity contribution in [1.82, 2.24) is 0 Å². The molecular formula is C12H17ClF3N. The summed E-state index contributed by atoms with van der Waals surface area (Å²) in [5.74, 6) is 0.307. The van der Waals surface area contributed by atoms with Crippen molar-refractivity contribution in [2.24, 2.45) is 11.7 Å². The lowest BCUT2D eigenvalue weighted by Crippen LogP contribution is -2.29. The molecule has 0 aromatic heterocycles. The van der Waals surface area contributed by atoms with Crippen LogP contribution in [-0.2, 0) is 6.42 Å². The molecule has 1 aromatic carbocycles. The third-order valence-corrected chi connectivity index (χ3v) is 2.37. The van der Waals surface area contributed by atoms with Gasteiger partial charge in [-0.2, -0.15) is 13.2 Å². The quantitative estimate of drug-likeness (QED) is 0.884. The number of hydrogen-bond donors (Lipinski definition) is 1. The summed E-state index contributed by atoms with van der Waals surface area (Å²) in [4.78, 5) is 0. The lowest BCUT2D eigenvalue weighted by atomic mass is 9.94. The van der Waals surface area contributed by atoms with Gasteiger partial charge >= 0.3 is 6.18 Å². The third kappa shape index (κ3) is 4.56. The fraction of sp³-hybridized carbons (Fsp3) is 0.500. The van der Waals surface area contributed by atoms with Crippen molar-refractivity contribution in [3.05, 3.63) is 35.4 Å². The second kappa shape index (κ2) is 6.26. The minimum absolute atomic E-state index is 0. The molecule has 5 heteroatoms. The first-order chi connectivity index (χ1) is 7.32. The van der Waals surface area contributed by atoms with Gasteiger partial charge in [-0.1, -0.05) is 38.1 Å². The third-order valence-electron chi connectivity index (χ3n) is 2.37. The summed E-state index contributed by atoms with van der Waals surface area (Å²) in [6, 6.07) is 4.61. The highest BCUT2D eigenvalue weighted by molar-refractivity contribution is 5.85. The van der Waals surface area contributed by atoms with Gasteiger partial charge in [0.25, 0.3) is 0 Å². The molecule has 0 spiro atoms. The molecule has 0 aliphatic rings. The largest absolute Gasteiger partial charge is 0.407 e. The van der Waals surface area contributed by atoms with Crippen molar-refractivity contribution >= 4 is 12.4 Å². The zero-order chi connectivity index (χ0) is 12.3. The van der Waals surface area contributed by atoms with Crippen molar-refractivity contribution in [2.45, 2.75) is 32.5 Å². The predicted octanol–water partition coefficient (Wildman–Crippen LogP) is 3.87. The van der Waals surface area contributed by atoms with Gasteiger partial charge in [0.2, 0.25) is 0 Å². The Morgan fingerprint density at radius 1 is 1.18 bits per heavy atom. The van der Waals surface area contributed by atoms with E-state index in [1.54, 1.807) is 18.2 Å². The molecule has 2 N–H and O–H groups in total. The van der Waals surface area contributed by atoms with E-state index in [2.05, 4.69) is 0 Å². The van der Waals surface area contributed by atoms with E-state index in [-0.39, 0.29) is 18.0 Å². The number of alkyl halides is 3. The van der Waals surface area contributed by atoms with Gasteiger partial charge in [-0.25, -0.2) is 0 Å². The van der Waals surface area contributed by atoms with Crippen molar-refractivity contribution in [2.75, 3.05) is 0 Å². The maximum Gasteiger partial charge on any atom is 0.407 e.